The van der Waals surface area contributed by atoms with E-state index >= 15 is 0 Å². The number of nitrogens with one attached hydrogen (secondary N) is 2. The van der Waals surface area contributed by atoms with Crippen LogP contribution in [-0.2, 0) is 23.6 Å². The zero-order chi connectivity index (χ0) is 14.6. The second-order valence-corrected chi connectivity index (χ2v) is 7.42. The van der Waals surface area contributed by atoms with Crippen molar-refractivity contribution in [2.24, 2.45) is 7.05 Å². The smallest absolute Gasteiger partial charge is 0.211 e. The van der Waals surface area contributed by atoms with Crippen molar-refractivity contribution in [3.05, 3.63) is 17.5 Å². The van der Waals surface area contributed by atoms with Crippen LogP contribution in [0.4, 0.5) is 0 Å². The minimum Gasteiger partial charge on any atom is -0.314 e. The van der Waals surface area contributed by atoms with Gasteiger partial charge in [0.2, 0.25) is 10.0 Å². The van der Waals surface area contributed by atoms with Crippen molar-refractivity contribution in [2.45, 2.75) is 45.2 Å². The van der Waals surface area contributed by atoms with E-state index in [0.29, 0.717) is 19.0 Å². The van der Waals surface area contributed by atoms with Gasteiger partial charge in [-0.2, -0.15) is 5.10 Å². The van der Waals surface area contributed by atoms with E-state index in [0.717, 1.165) is 24.2 Å². The molecule has 1 saturated heterocycles. The molecule has 2 N–H and O–H groups in total. The van der Waals surface area contributed by atoms with Gasteiger partial charge in [0.05, 0.1) is 11.4 Å². The van der Waals surface area contributed by atoms with Gasteiger partial charge >= 0.3 is 0 Å². The summed E-state index contributed by atoms with van der Waals surface area (Å²) >= 11 is 0. The van der Waals surface area contributed by atoms with Gasteiger partial charge in [-0.05, 0) is 32.7 Å². The third kappa shape index (κ3) is 4.57. The van der Waals surface area contributed by atoms with Crippen molar-refractivity contribution >= 4 is 10.0 Å². The predicted octanol–water partition coefficient (Wildman–Crippen LogP) is 0.680. The Bertz CT molecular complexity index is 533. The van der Waals surface area contributed by atoms with Crippen LogP contribution < -0.4 is 10.0 Å². The van der Waals surface area contributed by atoms with Gasteiger partial charge < -0.3 is 5.32 Å². The first kappa shape index (κ1) is 15.5. The van der Waals surface area contributed by atoms with E-state index < -0.39 is 10.0 Å². The normalized spacial score (nSPS) is 20.2. The van der Waals surface area contributed by atoms with Crippen LogP contribution in [0.25, 0.3) is 0 Å². The molecule has 2 rings (SSSR count). The first-order valence-corrected chi connectivity index (χ1v) is 8.81. The summed E-state index contributed by atoms with van der Waals surface area (Å²) in [6, 6.07) is 0.348. The molecule has 1 unspecified atom stereocenters. The van der Waals surface area contributed by atoms with Crippen molar-refractivity contribution in [2.75, 3.05) is 12.3 Å². The fraction of sp³-hybridized carbons (Fsp3) is 0.769. The maximum atomic E-state index is 12.0. The summed E-state index contributed by atoms with van der Waals surface area (Å²) in [7, 11) is -1.38. The number of hydrogen-bond donors (Lipinski definition) is 2. The van der Waals surface area contributed by atoms with E-state index in [1.165, 1.54) is 12.8 Å². The van der Waals surface area contributed by atoms with Crippen LogP contribution in [0.1, 0.15) is 36.9 Å². The van der Waals surface area contributed by atoms with E-state index in [2.05, 4.69) is 15.1 Å². The lowest BCUT2D eigenvalue weighted by molar-refractivity contribution is 0.392. The lowest BCUT2D eigenvalue weighted by atomic mass is 10.0. The van der Waals surface area contributed by atoms with E-state index in [1.54, 1.807) is 4.68 Å². The molecule has 7 heteroatoms. The van der Waals surface area contributed by atoms with E-state index in [1.807, 2.05) is 20.2 Å². The third-order valence-corrected chi connectivity index (χ3v) is 5.10. The standard InChI is InChI=1S/C13H24N4O2S/c1-11-12(10-17(2)16-11)9-15-20(18,19)8-6-13-5-3-4-7-14-13/h10,13-15H,3-9H2,1-2H3. The molecule has 114 valence electrons. The number of sulfonamides is 1. The molecule has 0 amide bonds. The second-order valence-electron chi connectivity index (χ2n) is 5.49. The monoisotopic (exact) mass is 300 g/mol. The summed E-state index contributed by atoms with van der Waals surface area (Å²) < 4.78 is 28.4. The maximum absolute atomic E-state index is 12.0. The first-order valence-electron chi connectivity index (χ1n) is 7.16. The van der Waals surface area contributed by atoms with E-state index in [-0.39, 0.29) is 5.75 Å². The van der Waals surface area contributed by atoms with Crippen LogP contribution >= 0.6 is 0 Å². The SMILES string of the molecule is Cc1nn(C)cc1CNS(=O)(=O)CCC1CCCCN1. The Hall–Kier alpha value is -0.920. The average molecular weight is 300 g/mol. The molecule has 2 heterocycles. The number of piperidine rings is 1. The summed E-state index contributed by atoms with van der Waals surface area (Å²) in [6.07, 6.45) is 6.00. The molecule has 0 aliphatic carbocycles. The molecule has 1 aliphatic rings. The average Bonchev–Trinajstić information content (AvgIpc) is 2.74. The molecule has 0 bridgehead atoms. The summed E-state index contributed by atoms with van der Waals surface area (Å²) in [5.41, 5.74) is 1.79. The molecule has 0 aromatic carbocycles. The number of hydrogen-bond acceptors (Lipinski definition) is 4. The van der Waals surface area contributed by atoms with Gasteiger partial charge in [-0.1, -0.05) is 6.42 Å². The van der Waals surface area contributed by atoms with Crippen molar-refractivity contribution < 1.29 is 8.42 Å². The summed E-state index contributed by atoms with van der Waals surface area (Å²) in [5.74, 6) is 0.185. The van der Waals surface area contributed by atoms with Gasteiger partial charge in [0.1, 0.15) is 0 Å². The number of aryl methyl sites for hydroxylation is 2. The molecule has 1 fully saturated rings. The molecule has 6 nitrogen and oxygen atoms in total. The number of aromatic nitrogens is 2. The summed E-state index contributed by atoms with van der Waals surface area (Å²) in [6.45, 7) is 3.21. The van der Waals surface area contributed by atoms with E-state index in [4.69, 9.17) is 0 Å². The highest BCUT2D eigenvalue weighted by Crippen LogP contribution is 2.11. The zero-order valence-corrected chi connectivity index (χ0v) is 13.0. The van der Waals surface area contributed by atoms with Crippen LogP contribution in [0.15, 0.2) is 6.20 Å². The Labute approximate surface area is 121 Å². The van der Waals surface area contributed by atoms with Gasteiger partial charge in [0, 0.05) is 31.4 Å². The predicted molar refractivity (Wildman–Crippen MR) is 78.8 cm³/mol. The lowest BCUT2D eigenvalue weighted by Gasteiger charge is -2.23. The Balaban J connectivity index is 1.80. The quantitative estimate of drug-likeness (QED) is 0.810. The molecule has 1 atom stereocenters. The van der Waals surface area contributed by atoms with Gasteiger partial charge in [-0.15, -0.1) is 0 Å². The van der Waals surface area contributed by atoms with Gasteiger partial charge in [0.15, 0.2) is 0 Å². The van der Waals surface area contributed by atoms with Crippen molar-refractivity contribution in [1.82, 2.24) is 19.8 Å². The van der Waals surface area contributed by atoms with Crippen LogP contribution in [0, 0.1) is 6.92 Å². The van der Waals surface area contributed by atoms with Crippen molar-refractivity contribution in [3.8, 4) is 0 Å². The number of rotatable bonds is 6. The highest BCUT2D eigenvalue weighted by Gasteiger charge is 2.17. The molecule has 1 aromatic rings. The van der Waals surface area contributed by atoms with Gasteiger partial charge in [-0.3, -0.25) is 4.68 Å². The molecule has 1 aliphatic heterocycles. The van der Waals surface area contributed by atoms with Crippen LogP contribution in [-0.4, -0.2) is 36.5 Å². The molecular weight excluding hydrogens is 276 g/mol. The highest BCUT2D eigenvalue weighted by atomic mass is 32.2. The van der Waals surface area contributed by atoms with Gasteiger partial charge in [-0.25, -0.2) is 13.1 Å². The van der Waals surface area contributed by atoms with E-state index in [9.17, 15) is 8.42 Å². The Morgan fingerprint density at radius 2 is 2.30 bits per heavy atom. The fourth-order valence-corrected chi connectivity index (χ4v) is 3.66. The maximum Gasteiger partial charge on any atom is 0.211 e. The fourth-order valence-electron chi connectivity index (χ4n) is 2.55. The summed E-state index contributed by atoms with van der Waals surface area (Å²) in [4.78, 5) is 0. The van der Waals surface area contributed by atoms with Crippen LogP contribution in [0.3, 0.4) is 0 Å². The second kappa shape index (κ2) is 6.69. The molecule has 20 heavy (non-hydrogen) atoms. The van der Waals surface area contributed by atoms with Gasteiger partial charge in [0.25, 0.3) is 0 Å². The molecule has 0 spiro atoms. The minimum absolute atomic E-state index is 0.185. The lowest BCUT2D eigenvalue weighted by Crippen LogP contribution is -2.37. The van der Waals surface area contributed by atoms with Crippen molar-refractivity contribution in [3.63, 3.8) is 0 Å². The molecular formula is C13H24N4O2S. The Morgan fingerprint density at radius 1 is 1.50 bits per heavy atom. The first-order chi connectivity index (χ1) is 9.46. The van der Waals surface area contributed by atoms with Crippen molar-refractivity contribution in [1.29, 1.82) is 0 Å². The topological polar surface area (TPSA) is 76.0 Å². The third-order valence-electron chi connectivity index (χ3n) is 3.75. The van der Waals surface area contributed by atoms with Crippen LogP contribution in [0.5, 0.6) is 0 Å². The number of nitrogens with zero attached hydrogens (tertiary/aromatic N) is 2. The largest absolute Gasteiger partial charge is 0.314 e. The molecule has 1 aromatic heterocycles. The zero-order valence-electron chi connectivity index (χ0n) is 12.2. The summed E-state index contributed by atoms with van der Waals surface area (Å²) in [5, 5.41) is 7.58. The Morgan fingerprint density at radius 3 is 2.90 bits per heavy atom. The molecule has 0 radical (unpaired) electrons. The Kier molecular flexibility index (Phi) is 5.17. The molecule has 0 saturated carbocycles. The highest BCUT2D eigenvalue weighted by molar-refractivity contribution is 7.89. The van der Waals surface area contributed by atoms with Crippen LogP contribution in [0.2, 0.25) is 0 Å². The minimum atomic E-state index is -3.21.